The molecule has 0 saturated carbocycles. The van der Waals surface area contributed by atoms with Gasteiger partial charge in [-0.3, -0.25) is 4.79 Å². The smallest absolute Gasteiger partial charge is 0.222 e. The maximum atomic E-state index is 12.9. The van der Waals surface area contributed by atoms with Crippen molar-refractivity contribution >= 4 is 5.91 Å². The Hall–Kier alpha value is -2.53. The van der Waals surface area contributed by atoms with Crippen molar-refractivity contribution in [1.82, 2.24) is 4.90 Å². The summed E-state index contributed by atoms with van der Waals surface area (Å²) >= 11 is 0. The van der Waals surface area contributed by atoms with Crippen molar-refractivity contribution in [2.75, 3.05) is 27.4 Å². The van der Waals surface area contributed by atoms with Crippen molar-refractivity contribution in [3.63, 3.8) is 0 Å². The molecule has 2 aromatic rings. The molecule has 186 valence electrons. The van der Waals surface area contributed by atoms with E-state index >= 15 is 0 Å². The summed E-state index contributed by atoms with van der Waals surface area (Å²) in [5, 5.41) is 0. The van der Waals surface area contributed by atoms with Crippen LogP contribution in [0.5, 0.6) is 11.5 Å². The predicted octanol–water partition coefficient (Wildman–Crippen LogP) is 5.90. The van der Waals surface area contributed by atoms with Gasteiger partial charge in [-0.1, -0.05) is 43.3 Å². The van der Waals surface area contributed by atoms with Gasteiger partial charge in [-0.05, 0) is 74.6 Å². The molecular weight excluding hydrogens is 426 g/mol. The van der Waals surface area contributed by atoms with Gasteiger partial charge in [0, 0.05) is 26.1 Å². The number of nitrogens with zero attached hydrogens (tertiary/aromatic N) is 1. The van der Waals surface area contributed by atoms with Gasteiger partial charge in [-0.25, -0.2) is 0 Å². The number of carbonyl (C=O) groups is 1. The molecule has 0 bridgehead atoms. The van der Waals surface area contributed by atoms with Crippen LogP contribution in [-0.2, 0) is 22.5 Å². The summed E-state index contributed by atoms with van der Waals surface area (Å²) in [5.74, 6) is 2.66. The van der Waals surface area contributed by atoms with Crippen LogP contribution in [0.1, 0.15) is 57.6 Å². The second kappa shape index (κ2) is 12.3. The normalized spacial score (nSPS) is 18.2. The number of amides is 1. The third-order valence-electron chi connectivity index (χ3n) is 6.99. The van der Waals surface area contributed by atoms with Crippen LogP contribution in [0.25, 0.3) is 0 Å². The Balaban J connectivity index is 1.75. The number of hydrogen-bond donors (Lipinski definition) is 0. The van der Waals surface area contributed by atoms with Gasteiger partial charge in [-0.2, -0.15) is 0 Å². The summed E-state index contributed by atoms with van der Waals surface area (Å²) in [6, 6.07) is 16.6. The first-order chi connectivity index (χ1) is 16.3. The minimum Gasteiger partial charge on any atom is -0.493 e. The lowest BCUT2D eigenvalue weighted by atomic mass is 9.75. The molecule has 1 saturated heterocycles. The van der Waals surface area contributed by atoms with Crippen LogP contribution in [-0.4, -0.2) is 43.8 Å². The lowest BCUT2D eigenvalue weighted by molar-refractivity contribution is -0.132. The van der Waals surface area contributed by atoms with Crippen LogP contribution in [0.4, 0.5) is 0 Å². The van der Waals surface area contributed by atoms with E-state index in [9.17, 15) is 4.79 Å². The van der Waals surface area contributed by atoms with E-state index in [1.807, 2.05) is 30.0 Å². The molecule has 0 aliphatic carbocycles. The molecule has 34 heavy (non-hydrogen) atoms. The van der Waals surface area contributed by atoms with E-state index in [1.165, 1.54) is 5.56 Å². The second-order valence-corrected chi connectivity index (χ2v) is 9.96. The molecule has 0 aromatic heterocycles. The lowest BCUT2D eigenvalue weighted by Crippen LogP contribution is -2.39. The Kier molecular flexibility index (Phi) is 9.40. The highest BCUT2D eigenvalue weighted by Crippen LogP contribution is 2.36. The number of methoxy groups -OCH3 is 2. The highest BCUT2D eigenvalue weighted by Gasteiger charge is 2.33. The monoisotopic (exact) mass is 467 g/mol. The molecule has 1 fully saturated rings. The van der Waals surface area contributed by atoms with E-state index in [0.29, 0.717) is 36.3 Å². The first-order valence-corrected chi connectivity index (χ1v) is 12.5. The second-order valence-electron chi connectivity index (χ2n) is 9.96. The van der Waals surface area contributed by atoms with Crippen molar-refractivity contribution in [3.8, 4) is 11.5 Å². The topological polar surface area (TPSA) is 48.0 Å². The fourth-order valence-electron chi connectivity index (χ4n) is 5.14. The first-order valence-electron chi connectivity index (χ1n) is 12.5. The average molecular weight is 468 g/mol. The van der Waals surface area contributed by atoms with Crippen molar-refractivity contribution < 1.29 is 19.0 Å². The Morgan fingerprint density at radius 2 is 1.82 bits per heavy atom. The number of hydrogen-bond acceptors (Lipinski definition) is 4. The first kappa shape index (κ1) is 26.1. The van der Waals surface area contributed by atoms with Gasteiger partial charge in [0.2, 0.25) is 5.91 Å². The molecule has 0 N–H and O–H groups in total. The van der Waals surface area contributed by atoms with E-state index in [4.69, 9.17) is 14.2 Å². The molecular formula is C29H41NO4. The Bertz CT molecular complexity index is 912. The van der Waals surface area contributed by atoms with Crippen molar-refractivity contribution in [2.45, 2.75) is 65.0 Å². The van der Waals surface area contributed by atoms with Crippen LogP contribution in [0.3, 0.4) is 0 Å². The summed E-state index contributed by atoms with van der Waals surface area (Å²) in [6.07, 6.45) is 4.65. The van der Waals surface area contributed by atoms with Crippen molar-refractivity contribution in [2.24, 2.45) is 11.8 Å². The van der Waals surface area contributed by atoms with Crippen LogP contribution in [0.15, 0.2) is 48.5 Å². The minimum atomic E-state index is -0.0869. The molecule has 0 unspecified atom stereocenters. The zero-order valence-electron chi connectivity index (χ0n) is 21.5. The molecule has 3 rings (SSSR count). The molecule has 1 aliphatic heterocycles. The van der Waals surface area contributed by atoms with Gasteiger partial charge in [-0.15, -0.1) is 0 Å². The third kappa shape index (κ3) is 7.23. The van der Waals surface area contributed by atoms with Crippen molar-refractivity contribution in [1.29, 1.82) is 0 Å². The summed E-state index contributed by atoms with van der Waals surface area (Å²) < 4.78 is 16.8. The lowest BCUT2D eigenvalue weighted by Gasteiger charge is -2.40. The SMILES string of the molecule is CCC(=O)N(CC[C@@H](Cc1ccccc1)[C@@H]1CCOC(C)(C)C1)Cc1ccc(OC)c(OC)c1. The largest absolute Gasteiger partial charge is 0.493 e. The van der Waals surface area contributed by atoms with E-state index in [1.54, 1.807) is 14.2 Å². The zero-order valence-corrected chi connectivity index (χ0v) is 21.5. The Labute approximate surface area is 205 Å². The molecule has 0 spiro atoms. The number of rotatable bonds is 11. The standard InChI is InChI=1S/C29H41NO4/c1-6-28(31)30(21-23-12-13-26(32-4)27(19-23)33-5)16-14-24(18-22-10-8-7-9-11-22)25-15-17-34-29(2,3)20-25/h7-13,19,24-25H,6,14-18,20-21H2,1-5H3/t24-,25+/m0/s1. The molecule has 2 atom stereocenters. The van der Waals surface area contributed by atoms with Gasteiger partial charge >= 0.3 is 0 Å². The van der Waals surface area contributed by atoms with E-state index in [0.717, 1.165) is 44.4 Å². The van der Waals surface area contributed by atoms with Gasteiger partial charge in [0.05, 0.1) is 19.8 Å². The molecule has 5 nitrogen and oxygen atoms in total. The Morgan fingerprint density at radius 3 is 2.47 bits per heavy atom. The highest BCUT2D eigenvalue weighted by molar-refractivity contribution is 5.75. The predicted molar refractivity (Wildman–Crippen MR) is 136 cm³/mol. The van der Waals surface area contributed by atoms with Gasteiger partial charge in [0.1, 0.15) is 0 Å². The van der Waals surface area contributed by atoms with E-state index < -0.39 is 0 Å². The highest BCUT2D eigenvalue weighted by atomic mass is 16.5. The fourth-order valence-corrected chi connectivity index (χ4v) is 5.14. The average Bonchev–Trinajstić information content (AvgIpc) is 2.85. The quantitative estimate of drug-likeness (QED) is 0.413. The third-order valence-corrected chi connectivity index (χ3v) is 6.99. The molecule has 0 radical (unpaired) electrons. The van der Waals surface area contributed by atoms with E-state index in [2.05, 4.69) is 44.2 Å². The van der Waals surface area contributed by atoms with Gasteiger partial charge in [0.15, 0.2) is 11.5 Å². The minimum absolute atomic E-state index is 0.0869. The number of benzene rings is 2. The molecule has 1 aliphatic rings. The van der Waals surface area contributed by atoms with Gasteiger partial charge < -0.3 is 19.1 Å². The van der Waals surface area contributed by atoms with Crippen LogP contribution in [0.2, 0.25) is 0 Å². The number of carbonyl (C=O) groups excluding carboxylic acids is 1. The summed E-state index contributed by atoms with van der Waals surface area (Å²) in [4.78, 5) is 14.9. The summed E-state index contributed by atoms with van der Waals surface area (Å²) in [6.45, 7) is 8.46. The Morgan fingerprint density at radius 1 is 1.09 bits per heavy atom. The van der Waals surface area contributed by atoms with Gasteiger partial charge in [0.25, 0.3) is 0 Å². The molecule has 1 heterocycles. The molecule has 2 aromatic carbocycles. The maximum Gasteiger partial charge on any atom is 0.222 e. The van der Waals surface area contributed by atoms with Crippen LogP contribution < -0.4 is 9.47 Å². The summed E-state index contributed by atoms with van der Waals surface area (Å²) in [7, 11) is 3.27. The fraction of sp³-hybridized carbons (Fsp3) is 0.552. The molecule has 1 amide bonds. The van der Waals surface area contributed by atoms with E-state index in [-0.39, 0.29) is 11.5 Å². The van der Waals surface area contributed by atoms with Crippen LogP contribution >= 0.6 is 0 Å². The summed E-state index contributed by atoms with van der Waals surface area (Å²) in [5.41, 5.74) is 2.33. The van der Waals surface area contributed by atoms with Crippen LogP contribution in [0, 0.1) is 11.8 Å². The zero-order chi connectivity index (χ0) is 24.6. The maximum absolute atomic E-state index is 12.9. The van der Waals surface area contributed by atoms with Crippen molar-refractivity contribution in [3.05, 3.63) is 59.7 Å². The number of ether oxygens (including phenoxy) is 3. The molecule has 5 heteroatoms.